The van der Waals surface area contributed by atoms with Gasteiger partial charge in [0.05, 0.1) is 5.69 Å². The summed E-state index contributed by atoms with van der Waals surface area (Å²) in [6.07, 6.45) is 0. The molecule has 1 aliphatic rings. The van der Waals surface area contributed by atoms with Gasteiger partial charge in [-0.2, -0.15) is 0 Å². The summed E-state index contributed by atoms with van der Waals surface area (Å²) in [7, 11) is 0. The molecule has 7 heteroatoms. The molecule has 6 nitrogen and oxygen atoms in total. The number of hydrogen-bond acceptors (Lipinski definition) is 4. The molecule has 0 amide bonds. The zero-order valence-corrected chi connectivity index (χ0v) is 18.7. The predicted octanol–water partition coefficient (Wildman–Crippen LogP) is 3.70. The van der Waals surface area contributed by atoms with Crippen LogP contribution in [-0.2, 0) is 6.54 Å². The van der Waals surface area contributed by atoms with Crippen molar-refractivity contribution in [1.82, 2.24) is 15.4 Å². The highest BCUT2D eigenvalue weighted by Crippen LogP contribution is 2.17. The number of aliphatic imine (C=N–C) groups is 1. The molecule has 1 saturated heterocycles. The van der Waals surface area contributed by atoms with Gasteiger partial charge in [0.2, 0.25) is 0 Å². The zero-order valence-electron chi connectivity index (χ0n) is 16.4. The Balaban J connectivity index is 0.00000261. The maximum atomic E-state index is 5.41. The van der Waals surface area contributed by atoms with Crippen LogP contribution in [0.15, 0.2) is 45.9 Å². The van der Waals surface area contributed by atoms with Crippen molar-refractivity contribution < 1.29 is 4.52 Å². The van der Waals surface area contributed by atoms with Crippen LogP contribution >= 0.6 is 24.0 Å². The minimum atomic E-state index is 0. The van der Waals surface area contributed by atoms with E-state index in [9.17, 15) is 0 Å². The molecule has 2 aromatic rings. The third-order valence-electron chi connectivity index (χ3n) is 4.59. The summed E-state index contributed by atoms with van der Waals surface area (Å²) in [5, 5.41) is 7.51. The fraction of sp³-hybridized carbons (Fsp3) is 0.500. The Labute approximate surface area is 179 Å². The van der Waals surface area contributed by atoms with Gasteiger partial charge in [-0.1, -0.05) is 37.2 Å². The van der Waals surface area contributed by atoms with E-state index >= 15 is 0 Å². The SMILES string of the molecule is CCNC(=NCc1cc(C(C)C)no1)N1CCN(c2ccccc2)CC1.I. The van der Waals surface area contributed by atoms with Gasteiger partial charge in [0, 0.05) is 44.5 Å². The van der Waals surface area contributed by atoms with Crippen LogP contribution in [0.4, 0.5) is 5.69 Å². The van der Waals surface area contributed by atoms with Crippen LogP contribution in [0.2, 0.25) is 0 Å². The first-order chi connectivity index (χ1) is 12.7. The summed E-state index contributed by atoms with van der Waals surface area (Å²) in [4.78, 5) is 9.50. The number of piperazine rings is 1. The minimum absolute atomic E-state index is 0. The van der Waals surface area contributed by atoms with Crippen LogP contribution in [0.5, 0.6) is 0 Å². The second-order valence-electron chi connectivity index (χ2n) is 6.85. The van der Waals surface area contributed by atoms with E-state index in [2.05, 4.69) is 71.4 Å². The molecule has 2 heterocycles. The topological polar surface area (TPSA) is 56.9 Å². The van der Waals surface area contributed by atoms with Crippen molar-refractivity contribution in [3.63, 3.8) is 0 Å². The molecule has 0 aliphatic carbocycles. The quantitative estimate of drug-likeness (QED) is 0.400. The number of benzene rings is 1. The molecular formula is C20H30IN5O. The highest BCUT2D eigenvalue weighted by molar-refractivity contribution is 14.0. The number of nitrogens with zero attached hydrogens (tertiary/aromatic N) is 4. The van der Waals surface area contributed by atoms with Crippen molar-refractivity contribution in [3.05, 3.63) is 47.9 Å². The van der Waals surface area contributed by atoms with Crippen molar-refractivity contribution in [3.8, 4) is 0 Å². The van der Waals surface area contributed by atoms with Crippen LogP contribution in [-0.4, -0.2) is 48.7 Å². The maximum absolute atomic E-state index is 5.41. The average molecular weight is 483 g/mol. The minimum Gasteiger partial charge on any atom is -0.368 e. The van der Waals surface area contributed by atoms with Gasteiger partial charge in [-0.15, -0.1) is 24.0 Å². The van der Waals surface area contributed by atoms with Crippen LogP contribution in [0.1, 0.15) is 38.1 Å². The molecule has 0 unspecified atom stereocenters. The van der Waals surface area contributed by atoms with Gasteiger partial charge in [-0.05, 0) is 25.0 Å². The van der Waals surface area contributed by atoms with Crippen molar-refractivity contribution in [2.24, 2.45) is 4.99 Å². The molecule has 1 N–H and O–H groups in total. The van der Waals surface area contributed by atoms with E-state index < -0.39 is 0 Å². The van der Waals surface area contributed by atoms with E-state index in [1.54, 1.807) is 0 Å². The lowest BCUT2D eigenvalue weighted by Gasteiger charge is -2.37. The molecule has 3 rings (SSSR count). The normalized spacial score (nSPS) is 15.0. The molecule has 0 spiro atoms. The van der Waals surface area contributed by atoms with E-state index in [4.69, 9.17) is 9.52 Å². The number of hydrogen-bond donors (Lipinski definition) is 1. The van der Waals surface area contributed by atoms with Crippen molar-refractivity contribution in [2.75, 3.05) is 37.6 Å². The summed E-state index contributed by atoms with van der Waals surface area (Å²) < 4.78 is 5.41. The summed E-state index contributed by atoms with van der Waals surface area (Å²) in [6, 6.07) is 12.6. The molecule has 148 valence electrons. The molecule has 1 aromatic heterocycles. The Hall–Kier alpha value is -1.77. The van der Waals surface area contributed by atoms with Crippen molar-refractivity contribution >= 4 is 35.6 Å². The molecule has 1 aromatic carbocycles. The smallest absolute Gasteiger partial charge is 0.194 e. The largest absolute Gasteiger partial charge is 0.368 e. The Morgan fingerprint density at radius 1 is 1.19 bits per heavy atom. The van der Waals surface area contributed by atoms with Gasteiger partial charge in [0.15, 0.2) is 11.7 Å². The second kappa shape index (κ2) is 10.5. The highest BCUT2D eigenvalue weighted by atomic mass is 127. The van der Waals surface area contributed by atoms with Gasteiger partial charge in [-0.3, -0.25) is 0 Å². The molecule has 0 radical (unpaired) electrons. The molecule has 1 aliphatic heterocycles. The fourth-order valence-corrected chi connectivity index (χ4v) is 3.07. The number of guanidine groups is 1. The Bertz CT molecular complexity index is 708. The molecule has 0 bridgehead atoms. The molecular weight excluding hydrogens is 453 g/mol. The second-order valence-corrected chi connectivity index (χ2v) is 6.85. The number of anilines is 1. The van der Waals surface area contributed by atoms with E-state index in [1.165, 1.54) is 5.69 Å². The summed E-state index contributed by atoms with van der Waals surface area (Å²) >= 11 is 0. The number of rotatable bonds is 5. The van der Waals surface area contributed by atoms with Crippen LogP contribution in [0.25, 0.3) is 0 Å². The van der Waals surface area contributed by atoms with Gasteiger partial charge >= 0.3 is 0 Å². The number of aromatic nitrogens is 1. The van der Waals surface area contributed by atoms with Crippen LogP contribution in [0, 0.1) is 0 Å². The monoisotopic (exact) mass is 483 g/mol. The van der Waals surface area contributed by atoms with Gasteiger partial charge in [0.25, 0.3) is 0 Å². The van der Waals surface area contributed by atoms with E-state index in [1.807, 2.05) is 6.07 Å². The van der Waals surface area contributed by atoms with Gasteiger partial charge in [0.1, 0.15) is 6.54 Å². The summed E-state index contributed by atoms with van der Waals surface area (Å²) in [5.41, 5.74) is 2.27. The highest BCUT2D eigenvalue weighted by Gasteiger charge is 2.20. The summed E-state index contributed by atoms with van der Waals surface area (Å²) in [6.45, 7) is 11.6. The third-order valence-corrected chi connectivity index (χ3v) is 4.59. The summed E-state index contributed by atoms with van der Waals surface area (Å²) in [5.74, 6) is 2.13. The molecule has 0 atom stereocenters. The standard InChI is InChI=1S/C20H29N5O.HI/c1-4-21-20(22-15-18-14-19(16(2)3)23-26-18)25-12-10-24(11-13-25)17-8-6-5-7-9-17;/h5-9,14,16H,4,10-13,15H2,1-3H3,(H,21,22);1H. The first kappa shape index (κ1) is 21.5. The van der Waals surface area contributed by atoms with E-state index in [-0.39, 0.29) is 24.0 Å². The maximum Gasteiger partial charge on any atom is 0.194 e. The molecule has 0 saturated carbocycles. The lowest BCUT2D eigenvalue weighted by Crippen LogP contribution is -2.52. The Morgan fingerprint density at radius 2 is 1.89 bits per heavy atom. The molecule has 27 heavy (non-hydrogen) atoms. The average Bonchev–Trinajstić information content (AvgIpc) is 3.15. The van der Waals surface area contributed by atoms with Crippen molar-refractivity contribution in [1.29, 1.82) is 0 Å². The number of para-hydroxylation sites is 1. The first-order valence-electron chi connectivity index (χ1n) is 9.46. The number of halogens is 1. The van der Waals surface area contributed by atoms with Gasteiger partial charge in [-0.25, -0.2) is 4.99 Å². The molecule has 1 fully saturated rings. The Kier molecular flexibility index (Phi) is 8.40. The lowest BCUT2D eigenvalue weighted by molar-refractivity contribution is 0.364. The number of nitrogens with one attached hydrogen (secondary N) is 1. The van der Waals surface area contributed by atoms with Crippen LogP contribution < -0.4 is 10.2 Å². The van der Waals surface area contributed by atoms with Crippen molar-refractivity contribution in [2.45, 2.75) is 33.2 Å². The Morgan fingerprint density at radius 3 is 2.48 bits per heavy atom. The van der Waals surface area contributed by atoms with Gasteiger partial charge < -0.3 is 19.6 Å². The van der Waals surface area contributed by atoms with E-state index in [0.29, 0.717) is 12.5 Å². The van der Waals surface area contributed by atoms with E-state index in [0.717, 1.165) is 50.1 Å². The third kappa shape index (κ3) is 5.85. The lowest BCUT2D eigenvalue weighted by atomic mass is 10.1. The first-order valence-corrected chi connectivity index (χ1v) is 9.46. The predicted molar refractivity (Wildman–Crippen MR) is 121 cm³/mol. The zero-order chi connectivity index (χ0) is 18.4. The fourth-order valence-electron chi connectivity index (χ4n) is 3.07. The van der Waals surface area contributed by atoms with Crippen LogP contribution in [0.3, 0.4) is 0 Å².